The molecule has 4 heterocycles. The Morgan fingerprint density at radius 3 is 2.26 bits per heavy atom. The van der Waals surface area contributed by atoms with Gasteiger partial charge in [0.2, 0.25) is 5.88 Å². The highest BCUT2D eigenvalue weighted by atomic mass is 32.1. The number of nitrogens with zero attached hydrogens (tertiary/aromatic N) is 5. The fourth-order valence-electron chi connectivity index (χ4n) is 3.67. The SMILES string of the molecule is CN1CCC=C(c2csnc2OCCOCCOc2nsnc2C2=CCCN(C)C2)C1. The first kappa shape index (κ1) is 22.3. The van der Waals surface area contributed by atoms with Gasteiger partial charge in [-0.05, 0) is 49.6 Å². The van der Waals surface area contributed by atoms with Gasteiger partial charge in [-0.15, -0.1) is 4.37 Å². The van der Waals surface area contributed by atoms with Crippen molar-refractivity contribution in [3.63, 3.8) is 0 Å². The lowest BCUT2D eigenvalue weighted by atomic mass is 10.0. The van der Waals surface area contributed by atoms with E-state index in [0.717, 1.165) is 50.3 Å². The molecule has 0 amide bonds. The van der Waals surface area contributed by atoms with Gasteiger partial charge in [0.1, 0.15) is 18.9 Å². The summed E-state index contributed by atoms with van der Waals surface area (Å²) in [5.41, 5.74) is 4.44. The van der Waals surface area contributed by atoms with Crippen LogP contribution in [0.4, 0.5) is 0 Å². The van der Waals surface area contributed by atoms with E-state index >= 15 is 0 Å². The van der Waals surface area contributed by atoms with Crippen LogP contribution in [0.1, 0.15) is 24.1 Å². The zero-order chi connectivity index (χ0) is 21.5. The fourth-order valence-corrected chi connectivity index (χ4v) is 4.85. The van der Waals surface area contributed by atoms with E-state index in [1.165, 1.54) is 34.4 Å². The number of hydrogen-bond donors (Lipinski definition) is 0. The zero-order valence-corrected chi connectivity index (χ0v) is 19.7. The van der Waals surface area contributed by atoms with Crippen LogP contribution in [0.15, 0.2) is 17.5 Å². The molecule has 4 rings (SSSR count). The van der Waals surface area contributed by atoms with Gasteiger partial charge in [-0.1, -0.05) is 12.2 Å². The quantitative estimate of drug-likeness (QED) is 0.498. The normalized spacial score (nSPS) is 18.0. The second kappa shape index (κ2) is 11.1. The van der Waals surface area contributed by atoms with Gasteiger partial charge in [0.25, 0.3) is 5.88 Å². The summed E-state index contributed by atoms with van der Waals surface area (Å²) in [6.07, 6.45) is 6.61. The van der Waals surface area contributed by atoms with Crippen LogP contribution in [-0.4, -0.2) is 89.6 Å². The Bertz CT molecular complexity index is 838. The molecule has 0 unspecified atom stereocenters. The molecule has 2 aromatic heterocycles. The number of likely N-dealkylation sites (N-methyl/N-ethyl adjacent to an activating group) is 2. The minimum absolute atomic E-state index is 0.433. The molecular formula is C21H29N5O3S2. The monoisotopic (exact) mass is 463 g/mol. The maximum absolute atomic E-state index is 5.87. The molecule has 168 valence electrons. The van der Waals surface area contributed by atoms with Crippen molar-refractivity contribution in [2.45, 2.75) is 12.8 Å². The minimum Gasteiger partial charge on any atom is -0.474 e. The van der Waals surface area contributed by atoms with Gasteiger partial charge >= 0.3 is 0 Å². The molecule has 0 saturated heterocycles. The van der Waals surface area contributed by atoms with E-state index in [2.05, 4.69) is 54.5 Å². The number of hydrogen-bond acceptors (Lipinski definition) is 10. The Balaban J connectivity index is 1.16. The molecule has 0 saturated carbocycles. The van der Waals surface area contributed by atoms with Crippen LogP contribution in [0, 0.1) is 0 Å². The average Bonchev–Trinajstić information content (AvgIpc) is 3.42. The average molecular weight is 464 g/mol. The molecule has 0 aliphatic carbocycles. The van der Waals surface area contributed by atoms with Crippen molar-refractivity contribution in [2.75, 3.05) is 66.7 Å². The third kappa shape index (κ3) is 6.11. The first-order valence-corrected chi connectivity index (χ1v) is 12.1. The molecular weight excluding hydrogens is 434 g/mol. The van der Waals surface area contributed by atoms with Gasteiger partial charge in [0.15, 0.2) is 0 Å². The Hall–Kier alpha value is -1.85. The molecule has 0 radical (unpaired) electrons. The van der Waals surface area contributed by atoms with E-state index in [4.69, 9.17) is 14.2 Å². The van der Waals surface area contributed by atoms with E-state index in [1.54, 1.807) is 0 Å². The van der Waals surface area contributed by atoms with Crippen molar-refractivity contribution in [1.29, 1.82) is 0 Å². The predicted molar refractivity (Wildman–Crippen MR) is 124 cm³/mol. The number of rotatable bonds is 10. The topological polar surface area (TPSA) is 72.8 Å². The Kier molecular flexibility index (Phi) is 8.03. The molecule has 0 atom stereocenters. The Morgan fingerprint density at radius 1 is 0.839 bits per heavy atom. The van der Waals surface area contributed by atoms with Crippen molar-refractivity contribution in [1.82, 2.24) is 22.9 Å². The van der Waals surface area contributed by atoms with Crippen LogP contribution < -0.4 is 9.47 Å². The molecule has 0 fully saturated rings. The van der Waals surface area contributed by atoms with Crippen LogP contribution >= 0.6 is 23.3 Å². The van der Waals surface area contributed by atoms with Crippen molar-refractivity contribution in [3.8, 4) is 11.8 Å². The standard InChI is InChI=1S/C21H29N5O3S2/c1-25-7-3-5-16(13-25)18-15-30-23-20(18)28-11-9-27-10-12-29-21-19(22-31-24-21)17-6-4-8-26(2)14-17/h5-6,15H,3-4,7-14H2,1-2H3. The summed E-state index contributed by atoms with van der Waals surface area (Å²) in [6, 6.07) is 0. The maximum atomic E-state index is 5.87. The van der Waals surface area contributed by atoms with Gasteiger partial charge < -0.3 is 24.0 Å². The summed E-state index contributed by atoms with van der Waals surface area (Å²) in [5, 5.41) is 2.06. The van der Waals surface area contributed by atoms with Crippen LogP contribution in [-0.2, 0) is 4.74 Å². The van der Waals surface area contributed by atoms with E-state index in [1.807, 2.05) is 0 Å². The Labute approximate surface area is 191 Å². The lowest BCUT2D eigenvalue weighted by molar-refractivity contribution is 0.0745. The van der Waals surface area contributed by atoms with E-state index in [-0.39, 0.29) is 0 Å². The second-order valence-electron chi connectivity index (χ2n) is 7.77. The summed E-state index contributed by atoms with van der Waals surface area (Å²) < 4.78 is 30.5. The van der Waals surface area contributed by atoms with Gasteiger partial charge in [0.05, 0.1) is 30.5 Å². The highest BCUT2D eigenvalue weighted by molar-refractivity contribution is 7.04. The van der Waals surface area contributed by atoms with Crippen LogP contribution in [0.5, 0.6) is 11.8 Å². The summed E-state index contributed by atoms with van der Waals surface area (Å²) in [5.74, 6) is 1.31. The van der Waals surface area contributed by atoms with Crippen LogP contribution in [0.3, 0.4) is 0 Å². The predicted octanol–water partition coefficient (Wildman–Crippen LogP) is 2.91. The molecule has 0 aromatic carbocycles. The first-order chi connectivity index (χ1) is 15.2. The largest absolute Gasteiger partial charge is 0.474 e. The van der Waals surface area contributed by atoms with E-state index in [0.29, 0.717) is 38.2 Å². The van der Waals surface area contributed by atoms with E-state index in [9.17, 15) is 0 Å². The molecule has 0 spiro atoms. The van der Waals surface area contributed by atoms with Gasteiger partial charge in [-0.25, -0.2) is 0 Å². The molecule has 2 aromatic rings. The van der Waals surface area contributed by atoms with Gasteiger partial charge in [-0.2, -0.15) is 8.75 Å². The Morgan fingerprint density at radius 2 is 1.52 bits per heavy atom. The second-order valence-corrected chi connectivity index (χ2v) is 8.93. The smallest absolute Gasteiger partial charge is 0.253 e. The fraction of sp³-hybridized carbons (Fsp3) is 0.571. The molecule has 0 bridgehead atoms. The highest BCUT2D eigenvalue weighted by Gasteiger charge is 2.19. The lowest BCUT2D eigenvalue weighted by Crippen LogP contribution is -2.25. The van der Waals surface area contributed by atoms with Crippen LogP contribution in [0.2, 0.25) is 0 Å². The van der Waals surface area contributed by atoms with Crippen molar-refractivity contribution in [2.24, 2.45) is 0 Å². The summed E-state index contributed by atoms with van der Waals surface area (Å²) >= 11 is 2.62. The third-order valence-corrected chi connectivity index (χ3v) is 6.39. The van der Waals surface area contributed by atoms with Crippen LogP contribution in [0.25, 0.3) is 11.1 Å². The molecule has 8 nitrogen and oxygen atoms in total. The minimum atomic E-state index is 0.433. The van der Waals surface area contributed by atoms with Crippen molar-refractivity contribution < 1.29 is 14.2 Å². The van der Waals surface area contributed by atoms with Crippen molar-refractivity contribution in [3.05, 3.63) is 28.8 Å². The maximum Gasteiger partial charge on any atom is 0.253 e. The summed E-state index contributed by atoms with van der Waals surface area (Å²) in [6.45, 7) is 5.83. The molecule has 0 N–H and O–H groups in total. The van der Waals surface area contributed by atoms with Gasteiger partial charge in [0, 0.05) is 31.6 Å². The summed E-state index contributed by atoms with van der Waals surface area (Å²) in [4.78, 5) is 4.59. The van der Waals surface area contributed by atoms with Gasteiger partial charge in [-0.3, -0.25) is 0 Å². The lowest BCUT2D eigenvalue weighted by Gasteiger charge is -2.22. The molecule has 2 aliphatic rings. The highest BCUT2D eigenvalue weighted by Crippen LogP contribution is 2.30. The first-order valence-electron chi connectivity index (χ1n) is 10.6. The van der Waals surface area contributed by atoms with Crippen molar-refractivity contribution >= 4 is 34.4 Å². The number of ether oxygens (including phenoxy) is 3. The van der Waals surface area contributed by atoms with E-state index < -0.39 is 0 Å². The third-order valence-electron chi connectivity index (χ3n) is 5.26. The summed E-state index contributed by atoms with van der Waals surface area (Å²) in [7, 11) is 4.25. The molecule has 2 aliphatic heterocycles. The molecule has 31 heavy (non-hydrogen) atoms. The number of aromatic nitrogens is 3. The molecule has 10 heteroatoms. The zero-order valence-electron chi connectivity index (χ0n) is 18.1.